The highest BCUT2D eigenvalue weighted by molar-refractivity contribution is 5.16. The lowest BCUT2D eigenvalue weighted by Gasteiger charge is -2.03. The Morgan fingerprint density at radius 1 is 1.36 bits per heavy atom. The van der Waals surface area contributed by atoms with Gasteiger partial charge in [-0.1, -0.05) is 13.8 Å². The Morgan fingerprint density at radius 3 is 2.45 bits per heavy atom. The molecule has 0 aromatic carbocycles. The Labute approximate surface area is 63.7 Å². The maximum Gasteiger partial charge on any atom is 0.255 e. The first-order valence-corrected chi connectivity index (χ1v) is 3.27. The second kappa shape index (κ2) is 2.77. The zero-order chi connectivity index (χ0) is 8.43. The lowest BCUT2D eigenvalue weighted by molar-refractivity contribution is 0.524. The van der Waals surface area contributed by atoms with Crippen molar-refractivity contribution >= 4 is 5.95 Å². The number of nitrogen functional groups attached to an aromatic ring is 1. The van der Waals surface area contributed by atoms with Gasteiger partial charge >= 0.3 is 0 Å². The highest BCUT2D eigenvalue weighted by Gasteiger charge is 2.10. The summed E-state index contributed by atoms with van der Waals surface area (Å²) in [5.41, 5.74) is 5.48. The van der Waals surface area contributed by atoms with Crippen LogP contribution in [0, 0.1) is 5.95 Å². The standard InChI is InChI=1S/C6H9FN4/c1-3(2)4-5(7)10-11-6(8)9-4/h3H,1-2H3,(H2,8,9,11). The SMILES string of the molecule is CC(C)c1nc(N)nnc1F. The van der Waals surface area contributed by atoms with Gasteiger partial charge in [0.05, 0.1) is 0 Å². The predicted octanol–water partition coefficient (Wildman–Crippen LogP) is 0.716. The highest BCUT2D eigenvalue weighted by atomic mass is 19.1. The quantitative estimate of drug-likeness (QED) is 0.650. The van der Waals surface area contributed by atoms with Gasteiger partial charge in [0, 0.05) is 5.92 Å². The average molecular weight is 156 g/mol. The van der Waals surface area contributed by atoms with Crippen LogP contribution in [0.4, 0.5) is 10.3 Å². The number of rotatable bonds is 1. The molecular formula is C6H9FN4. The number of aromatic nitrogens is 3. The van der Waals surface area contributed by atoms with Gasteiger partial charge in [-0.15, -0.1) is 10.2 Å². The lowest BCUT2D eigenvalue weighted by atomic mass is 10.1. The fourth-order valence-corrected chi connectivity index (χ4v) is 0.706. The van der Waals surface area contributed by atoms with Crippen molar-refractivity contribution in [1.82, 2.24) is 15.2 Å². The Bertz CT molecular complexity index is 261. The average Bonchev–Trinajstić information content (AvgIpc) is 1.94. The third kappa shape index (κ3) is 1.60. The Balaban J connectivity index is 3.13. The molecule has 0 saturated heterocycles. The van der Waals surface area contributed by atoms with Crippen molar-refractivity contribution in [3.63, 3.8) is 0 Å². The van der Waals surface area contributed by atoms with Crippen LogP contribution in [0.1, 0.15) is 25.5 Å². The molecule has 11 heavy (non-hydrogen) atoms. The van der Waals surface area contributed by atoms with Crippen molar-refractivity contribution in [1.29, 1.82) is 0 Å². The lowest BCUT2D eigenvalue weighted by Crippen LogP contribution is -2.06. The monoisotopic (exact) mass is 156 g/mol. The summed E-state index contributed by atoms with van der Waals surface area (Å²) in [6, 6.07) is 0. The van der Waals surface area contributed by atoms with E-state index in [-0.39, 0.29) is 17.6 Å². The van der Waals surface area contributed by atoms with Gasteiger partial charge < -0.3 is 5.73 Å². The van der Waals surface area contributed by atoms with Crippen LogP contribution in [-0.2, 0) is 0 Å². The largest absolute Gasteiger partial charge is 0.366 e. The van der Waals surface area contributed by atoms with E-state index in [4.69, 9.17) is 5.73 Å². The summed E-state index contributed by atoms with van der Waals surface area (Å²) in [5.74, 6) is -0.655. The molecule has 60 valence electrons. The van der Waals surface area contributed by atoms with Gasteiger partial charge in [-0.25, -0.2) is 4.98 Å². The highest BCUT2D eigenvalue weighted by Crippen LogP contribution is 2.13. The molecule has 0 fully saturated rings. The van der Waals surface area contributed by atoms with Gasteiger partial charge in [0.1, 0.15) is 5.69 Å². The molecule has 2 N–H and O–H groups in total. The number of hydrogen-bond donors (Lipinski definition) is 1. The van der Waals surface area contributed by atoms with Crippen LogP contribution in [-0.4, -0.2) is 15.2 Å². The van der Waals surface area contributed by atoms with Crippen LogP contribution in [0.25, 0.3) is 0 Å². The first-order valence-electron chi connectivity index (χ1n) is 3.27. The van der Waals surface area contributed by atoms with Crippen molar-refractivity contribution in [2.75, 3.05) is 5.73 Å². The summed E-state index contributed by atoms with van der Waals surface area (Å²) in [6.07, 6.45) is 0. The van der Waals surface area contributed by atoms with E-state index in [0.717, 1.165) is 0 Å². The van der Waals surface area contributed by atoms with Gasteiger partial charge in [-0.05, 0) is 0 Å². The second-order valence-corrected chi connectivity index (χ2v) is 2.50. The fraction of sp³-hybridized carbons (Fsp3) is 0.500. The summed E-state index contributed by atoms with van der Waals surface area (Å²) in [5, 5.41) is 6.46. The van der Waals surface area contributed by atoms with E-state index in [1.807, 2.05) is 13.8 Å². The first-order chi connectivity index (χ1) is 5.11. The van der Waals surface area contributed by atoms with Gasteiger partial charge in [-0.3, -0.25) is 0 Å². The maximum atomic E-state index is 12.7. The first kappa shape index (κ1) is 7.84. The molecule has 0 aliphatic carbocycles. The van der Waals surface area contributed by atoms with E-state index in [0.29, 0.717) is 0 Å². The molecule has 1 rings (SSSR count). The minimum Gasteiger partial charge on any atom is -0.366 e. The van der Waals surface area contributed by atoms with E-state index in [1.54, 1.807) is 0 Å². The van der Waals surface area contributed by atoms with Crippen molar-refractivity contribution in [3.05, 3.63) is 11.6 Å². The Kier molecular flexibility index (Phi) is 1.98. The van der Waals surface area contributed by atoms with Crippen molar-refractivity contribution in [3.8, 4) is 0 Å². The third-order valence-electron chi connectivity index (χ3n) is 1.23. The summed E-state index contributed by atoms with van der Waals surface area (Å²) in [6.45, 7) is 3.62. The van der Waals surface area contributed by atoms with E-state index in [2.05, 4.69) is 15.2 Å². The van der Waals surface area contributed by atoms with Crippen LogP contribution in [0.5, 0.6) is 0 Å². The summed E-state index contributed by atoms with van der Waals surface area (Å²) < 4.78 is 12.7. The number of hydrogen-bond acceptors (Lipinski definition) is 4. The van der Waals surface area contributed by atoms with Gasteiger partial charge in [0.2, 0.25) is 5.95 Å². The van der Waals surface area contributed by atoms with E-state index in [9.17, 15) is 4.39 Å². The maximum absolute atomic E-state index is 12.7. The van der Waals surface area contributed by atoms with Crippen LogP contribution in [0.3, 0.4) is 0 Å². The molecule has 5 heteroatoms. The third-order valence-corrected chi connectivity index (χ3v) is 1.23. The van der Waals surface area contributed by atoms with Crippen molar-refractivity contribution in [2.24, 2.45) is 0 Å². The van der Waals surface area contributed by atoms with Crippen molar-refractivity contribution in [2.45, 2.75) is 19.8 Å². The molecule has 0 bridgehead atoms. The zero-order valence-corrected chi connectivity index (χ0v) is 6.37. The van der Waals surface area contributed by atoms with E-state index < -0.39 is 5.95 Å². The molecule has 4 nitrogen and oxygen atoms in total. The molecular weight excluding hydrogens is 147 g/mol. The molecule has 0 unspecified atom stereocenters. The van der Waals surface area contributed by atoms with Gasteiger partial charge in [0.25, 0.3) is 5.95 Å². The molecule has 0 aliphatic heterocycles. The van der Waals surface area contributed by atoms with Crippen LogP contribution >= 0.6 is 0 Å². The Morgan fingerprint density at radius 2 is 2.00 bits per heavy atom. The zero-order valence-electron chi connectivity index (χ0n) is 6.37. The summed E-state index contributed by atoms with van der Waals surface area (Å²) in [7, 11) is 0. The van der Waals surface area contributed by atoms with Crippen LogP contribution < -0.4 is 5.73 Å². The van der Waals surface area contributed by atoms with E-state index >= 15 is 0 Å². The molecule has 0 radical (unpaired) electrons. The molecule has 0 spiro atoms. The van der Waals surface area contributed by atoms with Gasteiger partial charge in [0.15, 0.2) is 0 Å². The van der Waals surface area contributed by atoms with E-state index in [1.165, 1.54) is 0 Å². The predicted molar refractivity (Wildman–Crippen MR) is 38.3 cm³/mol. The second-order valence-electron chi connectivity index (χ2n) is 2.50. The van der Waals surface area contributed by atoms with Gasteiger partial charge in [-0.2, -0.15) is 4.39 Å². The molecule has 0 amide bonds. The fourth-order valence-electron chi connectivity index (χ4n) is 0.706. The summed E-state index contributed by atoms with van der Waals surface area (Å²) >= 11 is 0. The smallest absolute Gasteiger partial charge is 0.255 e. The minimum atomic E-state index is -0.644. The molecule has 1 aromatic rings. The number of nitrogens with two attached hydrogens (primary N) is 1. The normalized spacial score (nSPS) is 10.5. The Hall–Kier alpha value is -1.26. The topological polar surface area (TPSA) is 64.7 Å². The number of nitrogens with zero attached hydrogens (tertiary/aromatic N) is 3. The molecule has 1 heterocycles. The van der Waals surface area contributed by atoms with Crippen LogP contribution in [0.15, 0.2) is 0 Å². The molecule has 0 aliphatic rings. The molecule has 0 atom stereocenters. The summed E-state index contributed by atoms with van der Waals surface area (Å²) in [4.78, 5) is 3.70. The minimum absolute atomic E-state index is 0.00935. The van der Waals surface area contributed by atoms with Crippen LogP contribution in [0.2, 0.25) is 0 Å². The number of anilines is 1. The molecule has 0 saturated carbocycles. The van der Waals surface area contributed by atoms with Crippen molar-refractivity contribution < 1.29 is 4.39 Å². The number of halogens is 1. The molecule has 1 aromatic heterocycles.